The molecular formula is C26H28F4N4O3. The van der Waals surface area contributed by atoms with E-state index in [1.54, 1.807) is 25.1 Å². The highest BCUT2D eigenvalue weighted by atomic mass is 19.4. The minimum atomic E-state index is -4.41. The summed E-state index contributed by atoms with van der Waals surface area (Å²) in [7, 11) is 0. The number of nitrogens with zero attached hydrogens (tertiary/aromatic N) is 4. The van der Waals surface area contributed by atoms with E-state index in [0.717, 1.165) is 0 Å². The highest BCUT2D eigenvalue weighted by Crippen LogP contribution is 2.30. The third kappa shape index (κ3) is 6.59. The van der Waals surface area contributed by atoms with Crippen LogP contribution in [0.25, 0.3) is 5.69 Å². The maximum Gasteiger partial charge on any atom is 0.422 e. The second kappa shape index (κ2) is 11.2. The summed E-state index contributed by atoms with van der Waals surface area (Å²) in [4.78, 5) is 29.8. The number of rotatable bonds is 8. The molecule has 2 aromatic carbocycles. The van der Waals surface area contributed by atoms with Gasteiger partial charge in [0.05, 0.1) is 11.4 Å². The summed E-state index contributed by atoms with van der Waals surface area (Å²) in [6, 6.07) is 12.2. The Balaban J connectivity index is 1.36. The molecule has 0 amide bonds. The van der Waals surface area contributed by atoms with Crippen molar-refractivity contribution >= 4 is 5.69 Å². The smallest absolute Gasteiger partial charge is 0.422 e. The molecule has 37 heavy (non-hydrogen) atoms. The van der Waals surface area contributed by atoms with E-state index in [1.807, 2.05) is 4.90 Å². The average Bonchev–Trinajstić information content (AvgIpc) is 2.88. The van der Waals surface area contributed by atoms with Crippen LogP contribution in [0.4, 0.5) is 23.2 Å². The lowest BCUT2D eigenvalue weighted by molar-refractivity contribution is -0.153. The highest BCUT2D eigenvalue weighted by molar-refractivity contribution is 5.58. The number of piperazine rings is 1. The van der Waals surface area contributed by atoms with E-state index in [1.165, 1.54) is 45.7 Å². The third-order valence-corrected chi connectivity index (χ3v) is 6.27. The number of ether oxygens (including phenoxy) is 1. The normalized spacial score (nSPS) is 14.7. The van der Waals surface area contributed by atoms with E-state index >= 15 is 0 Å². The fourth-order valence-electron chi connectivity index (χ4n) is 4.38. The fraction of sp³-hybridized carbons (Fsp3) is 0.385. The van der Waals surface area contributed by atoms with E-state index in [-0.39, 0.29) is 17.9 Å². The molecule has 0 atom stereocenters. The van der Waals surface area contributed by atoms with E-state index in [2.05, 4.69) is 4.90 Å². The summed E-state index contributed by atoms with van der Waals surface area (Å²) in [5.74, 6) is -0.219. The van der Waals surface area contributed by atoms with Gasteiger partial charge < -0.3 is 9.64 Å². The fourth-order valence-corrected chi connectivity index (χ4v) is 4.38. The Morgan fingerprint density at radius 3 is 2.27 bits per heavy atom. The van der Waals surface area contributed by atoms with Gasteiger partial charge in [-0.25, -0.2) is 9.18 Å². The van der Waals surface area contributed by atoms with Crippen LogP contribution >= 0.6 is 0 Å². The van der Waals surface area contributed by atoms with Crippen molar-refractivity contribution in [2.75, 3.05) is 44.2 Å². The molecule has 0 bridgehead atoms. The van der Waals surface area contributed by atoms with E-state index in [0.29, 0.717) is 56.1 Å². The van der Waals surface area contributed by atoms with Crippen molar-refractivity contribution in [2.45, 2.75) is 26.1 Å². The molecule has 1 saturated heterocycles. The van der Waals surface area contributed by atoms with E-state index < -0.39 is 24.3 Å². The van der Waals surface area contributed by atoms with Crippen molar-refractivity contribution < 1.29 is 22.3 Å². The first-order valence-corrected chi connectivity index (χ1v) is 12.0. The molecule has 1 fully saturated rings. The molecule has 0 spiro atoms. The van der Waals surface area contributed by atoms with Crippen LogP contribution in [0.15, 0.2) is 64.3 Å². The third-order valence-electron chi connectivity index (χ3n) is 6.27. The number of hydrogen-bond donors (Lipinski definition) is 0. The first kappa shape index (κ1) is 26.5. The van der Waals surface area contributed by atoms with Crippen molar-refractivity contribution in [1.29, 1.82) is 0 Å². The van der Waals surface area contributed by atoms with E-state index in [4.69, 9.17) is 4.74 Å². The Hall–Kier alpha value is -3.60. The second-order valence-corrected chi connectivity index (χ2v) is 8.95. The molecular weight excluding hydrogens is 492 g/mol. The molecule has 1 aliphatic heterocycles. The molecule has 4 rings (SSSR count). The van der Waals surface area contributed by atoms with Crippen LogP contribution in [-0.2, 0) is 6.54 Å². The van der Waals surface area contributed by atoms with Gasteiger partial charge in [-0.15, -0.1) is 0 Å². The minimum absolute atomic E-state index is 0.199. The number of anilines is 1. The Morgan fingerprint density at radius 2 is 1.59 bits per heavy atom. The Kier molecular flexibility index (Phi) is 8.01. The molecule has 0 unspecified atom stereocenters. The molecule has 11 heteroatoms. The van der Waals surface area contributed by atoms with Crippen LogP contribution in [0.2, 0.25) is 0 Å². The largest absolute Gasteiger partial charge is 0.482 e. The zero-order valence-electron chi connectivity index (χ0n) is 20.4. The topological polar surface area (TPSA) is 59.7 Å². The Bertz CT molecular complexity index is 1330. The maximum atomic E-state index is 13.3. The molecule has 0 radical (unpaired) electrons. The molecule has 198 valence electrons. The molecule has 2 heterocycles. The first-order chi connectivity index (χ1) is 17.6. The van der Waals surface area contributed by atoms with Crippen LogP contribution in [0.3, 0.4) is 0 Å². The molecule has 0 N–H and O–H groups in total. The minimum Gasteiger partial charge on any atom is -0.482 e. The SMILES string of the molecule is Cc1cn(-c2ccc(F)cc2)c(=O)n(CCCN2CCN(c3ccccc3OCC(F)(F)F)CC2)c1=O. The van der Waals surface area contributed by atoms with Gasteiger partial charge >= 0.3 is 11.9 Å². The lowest BCUT2D eigenvalue weighted by atomic mass is 10.2. The average molecular weight is 521 g/mol. The van der Waals surface area contributed by atoms with Gasteiger partial charge in [0, 0.05) is 44.5 Å². The maximum absolute atomic E-state index is 13.3. The zero-order chi connectivity index (χ0) is 26.6. The second-order valence-electron chi connectivity index (χ2n) is 8.95. The van der Waals surface area contributed by atoms with E-state index in [9.17, 15) is 27.2 Å². The zero-order valence-corrected chi connectivity index (χ0v) is 20.4. The first-order valence-electron chi connectivity index (χ1n) is 12.0. The van der Waals surface area contributed by atoms with Crippen molar-refractivity contribution in [3.05, 3.63) is 86.9 Å². The highest BCUT2D eigenvalue weighted by Gasteiger charge is 2.29. The molecule has 7 nitrogen and oxygen atoms in total. The number of aromatic nitrogens is 2. The molecule has 0 aliphatic carbocycles. The lowest BCUT2D eigenvalue weighted by Gasteiger charge is -2.36. The van der Waals surface area contributed by atoms with Gasteiger partial charge in [0.2, 0.25) is 0 Å². The summed E-state index contributed by atoms with van der Waals surface area (Å²) < 4.78 is 58.6. The Labute approximate surface area is 211 Å². The Morgan fingerprint density at radius 1 is 0.919 bits per heavy atom. The number of alkyl halides is 3. The van der Waals surface area contributed by atoms with Gasteiger partial charge in [-0.3, -0.25) is 18.8 Å². The number of halogens is 4. The summed E-state index contributed by atoms with van der Waals surface area (Å²) in [6.07, 6.45) is -2.38. The number of para-hydroxylation sites is 2. The molecule has 1 aliphatic rings. The summed E-state index contributed by atoms with van der Waals surface area (Å²) in [6.45, 7) is 3.73. The van der Waals surface area contributed by atoms with Crippen molar-refractivity contribution in [1.82, 2.24) is 14.0 Å². The van der Waals surface area contributed by atoms with Gasteiger partial charge in [-0.05, 0) is 56.3 Å². The van der Waals surface area contributed by atoms with Crippen LogP contribution < -0.4 is 20.9 Å². The number of benzene rings is 2. The standard InChI is InChI=1S/C26H28F4N4O3/c1-19-17-34(21-9-7-20(27)8-10-21)25(36)33(24(19)35)12-4-11-31-13-15-32(16-14-31)22-5-2-3-6-23(22)37-18-26(28,29)30/h2-3,5-10,17H,4,11-16,18H2,1H3. The van der Waals surface area contributed by atoms with Crippen LogP contribution in [0, 0.1) is 12.7 Å². The predicted octanol–water partition coefficient (Wildman–Crippen LogP) is 3.60. The van der Waals surface area contributed by atoms with Crippen LogP contribution in [0.5, 0.6) is 5.75 Å². The monoisotopic (exact) mass is 520 g/mol. The molecule has 1 aromatic heterocycles. The van der Waals surface area contributed by atoms with Crippen LogP contribution in [-0.4, -0.2) is 59.5 Å². The molecule has 3 aromatic rings. The number of hydrogen-bond acceptors (Lipinski definition) is 5. The van der Waals surface area contributed by atoms with Crippen molar-refractivity contribution in [3.8, 4) is 11.4 Å². The summed E-state index contributed by atoms with van der Waals surface area (Å²) in [5.41, 5.74) is 0.660. The van der Waals surface area contributed by atoms with Crippen molar-refractivity contribution in [3.63, 3.8) is 0 Å². The van der Waals surface area contributed by atoms with Gasteiger partial charge in [-0.1, -0.05) is 12.1 Å². The van der Waals surface area contributed by atoms with Gasteiger partial charge in [0.25, 0.3) is 5.56 Å². The predicted molar refractivity (Wildman–Crippen MR) is 132 cm³/mol. The lowest BCUT2D eigenvalue weighted by Crippen LogP contribution is -2.47. The van der Waals surface area contributed by atoms with Gasteiger partial charge in [0.15, 0.2) is 6.61 Å². The quantitative estimate of drug-likeness (QED) is 0.425. The van der Waals surface area contributed by atoms with Crippen molar-refractivity contribution in [2.24, 2.45) is 0 Å². The summed E-state index contributed by atoms with van der Waals surface area (Å²) >= 11 is 0. The summed E-state index contributed by atoms with van der Waals surface area (Å²) in [5, 5.41) is 0. The number of aryl methyl sites for hydroxylation is 1. The van der Waals surface area contributed by atoms with Crippen LogP contribution in [0.1, 0.15) is 12.0 Å². The van der Waals surface area contributed by atoms with Gasteiger partial charge in [-0.2, -0.15) is 13.2 Å². The van der Waals surface area contributed by atoms with Gasteiger partial charge in [0.1, 0.15) is 11.6 Å². The molecule has 0 saturated carbocycles.